The van der Waals surface area contributed by atoms with Crippen LogP contribution >= 0.6 is 0 Å². The third kappa shape index (κ3) is 3.66. The number of nitrogens with one attached hydrogen (secondary N) is 1. The van der Waals surface area contributed by atoms with E-state index < -0.39 is 5.60 Å². The van der Waals surface area contributed by atoms with Crippen LogP contribution in [0.4, 0.5) is 5.69 Å². The number of amides is 1. The molecule has 6 nitrogen and oxygen atoms in total. The van der Waals surface area contributed by atoms with E-state index in [0.29, 0.717) is 19.5 Å². The van der Waals surface area contributed by atoms with Crippen molar-refractivity contribution in [3.63, 3.8) is 0 Å². The van der Waals surface area contributed by atoms with Gasteiger partial charge in [-0.05, 0) is 49.1 Å². The third-order valence-electron chi connectivity index (χ3n) is 6.81. The smallest absolute Gasteiger partial charge is 0.238 e. The molecular weight excluding hydrogens is 380 g/mol. The quantitative estimate of drug-likeness (QED) is 0.807. The first-order valence-electron chi connectivity index (χ1n) is 10.8. The van der Waals surface area contributed by atoms with E-state index >= 15 is 0 Å². The number of para-hydroxylation sites is 1. The summed E-state index contributed by atoms with van der Waals surface area (Å²) in [5.41, 5.74) is 1.22. The van der Waals surface area contributed by atoms with E-state index in [1.807, 2.05) is 42.5 Å². The highest BCUT2D eigenvalue weighted by Gasteiger charge is 2.49. The van der Waals surface area contributed by atoms with E-state index in [1.165, 1.54) is 0 Å². The summed E-state index contributed by atoms with van der Waals surface area (Å²) in [5.74, 6) is 1.56. The molecule has 1 saturated carbocycles. The van der Waals surface area contributed by atoms with Crippen LogP contribution in [-0.2, 0) is 4.79 Å². The van der Waals surface area contributed by atoms with Gasteiger partial charge in [0.2, 0.25) is 12.7 Å². The number of aliphatic hydroxyl groups is 1. The molecule has 3 aliphatic rings. The molecule has 6 heteroatoms. The molecule has 0 aromatic heterocycles. The molecule has 2 N–H and O–H groups in total. The predicted molar refractivity (Wildman–Crippen MR) is 113 cm³/mol. The van der Waals surface area contributed by atoms with E-state index in [-0.39, 0.29) is 24.7 Å². The second kappa shape index (κ2) is 7.93. The van der Waals surface area contributed by atoms with Gasteiger partial charge >= 0.3 is 0 Å². The second-order valence-electron chi connectivity index (χ2n) is 8.65. The van der Waals surface area contributed by atoms with Gasteiger partial charge in [0, 0.05) is 24.2 Å². The van der Waals surface area contributed by atoms with Crippen LogP contribution in [0.15, 0.2) is 48.5 Å². The van der Waals surface area contributed by atoms with Crippen LogP contribution in [0.3, 0.4) is 0 Å². The minimum Gasteiger partial charge on any atom is -0.454 e. The minimum absolute atomic E-state index is 0.0277. The summed E-state index contributed by atoms with van der Waals surface area (Å²) in [6, 6.07) is 15.5. The topological polar surface area (TPSA) is 71.0 Å². The van der Waals surface area contributed by atoms with E-state index in [0.717, 1.165) is 48.4 Å². The fourth-order valence-corrected chi connectivity index (χ4v) is 5.37. The Bertz CT molecular complexity index is 919. The molecule has 1 saturated heterocycles. The van der Waals surface area contributed by atoms with Crippen molar-refractivity contribution in [1.29, 1.82) is 0 Å². The summed E-state index contributed by atoms with van der Waals surface area (Å²) in [4.78, 5) is 15.0. The summed E-state index contributed by atoms with van der Waals surface area (Å²) in [7, 11) is 0. The van der Waals surface area contributed by atoms with Crippen LogP contribution < -0.4 is 14.8 Å². The summed E-state index contributed by atoms with van der Waals surface area (Å²) in [5, 5.41) is 14.4. The predicted octanol–water partition coefficient (Wildman–Crippen LogP) is 3.72. The molecule has 1 aliphatic carbocycles. The Labute approximate surface area is 176 Å². The van der Waals surface area contributed by atoms with Gasteiger partial charge in [-0.15, -0.1) is 0 Å². The number of fused-ring (bicyclic) bond motifs is 2. The molecule has 2 aromatic carbocycles. The standard InChI is InChI=1S/C24H28N2O4/c27-22(25-18-6-2-1-3-7-18)15-26-13-12-24(28)11-5-4-8-19(24)23(26)17-9-10-20-21(14-17)30-16-29-20/h1-3,6-7,9-10,14,19,23,28H,4-5,8,11-13,15-16H2,(H,25,27)/t19-,23?,24-/m0/s1. The van der Waals surface area contributed by atoms with Gasteiger partial charge in [-0.25, -0.2) is 0 Å². The number of piperidine rings is 1. The van der Waals surface area contributed by atoms with Gasteiger partial charge in [0.1, 0.15) is 0 Å². The Hall–Kier alpha value is -2.57. The number of benzene rings is 2. The minimum atomic E-state index is -0.661. The first-order valence-corrected chi connectivity index (χ1v) is 10.8. The molecule has 2 fully saturated rings. The monoisotopic (exact) mass is 408 g/mol. The van der Waals surface area contributed by atoms with Gasteiger partial charge in [0.05, 0.1) is 12.1 Å². The zero-order valence-electron chi connectivity index (χ0n) is 17.0. The lowest BCUT2D eigenvalue weighted by atomic mass is 9.66. The molecule has 0 bridgehead atoms. The number of ether oxygens (including phenoxy) is 2. The molecule has 2 aromatic rings. The number of anilines is 1. The number of carbonyl (C=O) groups excluding carboxylic acids is 1. The Morgan fingerprint density at radius 2 is 1.93 bits per heavy atom. The van der Waals surface area contributed by atoms with Gasteiger partial charge in [0.25, 0.3) is 0 Å². The molecule has 1 amide bonds. The lowest BCUT2D eigenvalue weighted by Gasteiger charge is -2.52. The summed E-state index contributed by atoms with van der Waals surface area (Å²) < 4.78 is 11.1. The van der Waals surface area contributed by atoms with Crippen molar-refractivity contribution >= 4 is 11.6 Å². The normalized spacial score (nSPS) is 28.0. The summed E-state index contributed by atoms with van der Waals surface area (Å²) in [6.45, 7) is 1.22. The molecule has 1 unspecified atom stereocenters. The Kier molecular flexibility index (Phi) is 5.13. The largest absolute Gasteiger partial charge is 0.454 e. The second-order valence-corrected chi connectivity index (χ2v) is 8.65. The van der Waals surface area contributed by atoms with Gasteiger partial charge in [0.15, 0.2) is 11.5 Å². The Morgan fingerprint density at radius 3 is 2.80 bits per heavy atom. The number of nitrogens with zero attached hydrogens (tertiary/aromatic N) is 1. The van der Waals surface area contributed by atoms with Crippen molar-refractivity contribution in [3.8, 4) is 11.5 Å². The maximum Gasteiger partial charge on any atom is 0.238 e. The number of carbonyl (C=O) groups is 1. The molecule has 2 aliphatic heterocycles. The fraction of sp³-hybridized carbons (Fsp3) is 0.458. The molecular formula is C24H28N2O4. The number of hydrogen-bond donors (Lipinski definition) is 2. The van der Waals surface area contributed by atoms with Crippen LogP contribution in [0, 0.1) is 5.92 Å². The highest BCUT2D eigenvalue weighted by atomic mass is 16.7. The zero-order chi connectivity index (χ0) is 20.6. The lowest BCUT2D eigenvalue weighted by molar-refractivity contribution is -0.135. The van der Waals surface area contributed by atoms with E-state index in [1.54, 1.807) is 0 Å². The number of likely N-dealkylation sites (tertiary alicyclic amines) is 1. The van der Waals surface area contributed by atoms with Crippen molar-refractivity contribution < 1.29 is 19.4 Å². The van der Waals surface area contributed by atoms with Crippen LogP contribution in [0.5, 0.6) is 11.5 Å². The zero-order valence-corrected chi connectivity index (χ0v) is 17.0. The average molecular weight is 408 g/mol. The highest BCUT2D eigenvalue weighted by Crippen LogP contribution is 2.50. The highest BCUT2D eigenvalue weighted by molar-refractivity contribution is 5.92. The third-order valence-corrected chi connectivity index (χ3v) is 6.81. The van der Waals surface area contributed by atoms with Crippen LogP contribution in [0.2, 0.25) is 0 Å². The molecule has 5 rings (SSSR count). The SMILES string of the molecule is O=C(CN1CC[C@@]2(O)CCCC[C@H]2C1c1ccc2c(c1)OCO2)Nc1ccccc1. The van der Waals surface area contributed by atoms with Crippen molar-refractivity contribution in [2.75, 3.05) is 25.2 Å². The van der Waals surface area contributed by atoms with Gasteiger partial charge < -0.3 is 19.9 Å². The lowest BCUT2D eigenvalue weighted by Crippen LogP contribution is -2.56. The van der Waals surface area contributed by atoms with Crippen LogP contribution in [0.25, 0.3) is 0 Å². The summed E-state index contributed by atoms with van der Waals surface area (Å²) >= 11 is 0. The van der Waals surface area contributed by atoms with E-state index in [9.17, 15) is 9.90 Å². The van der Waals surface area contributed by atoms with Crippen molar-refractivity contribution in [3.05, 3.63) is 54.1 Å². The molecule has 0 radical (unpaired) electrons. The fourth-order valence-electron chi connectivity index (χ4n) is 5.37. The summed E-state index contributed by atoms with van der Waals surface area (Å²) in [6.07, 6.45) is 4.68. The van der Waals surface area contributed by atoms with Crippen molar-refractivity contribution in [2.24, 2.45) is 5.92 Å². The molecule has 0 spiro atoms. The first-order chi connectivity index (χ1) is 14.6. The molecule has 158 valence electrons. The Morgan fingerprint density at radius 1 is 1.10 bits per heavy atom. The first kappa shape index (κ1) is 19.4. The van der Waals surface area contributed by atoms with Crippen molar-refractivity contribution in [2.45, 2.75) is 43.7 Å². The maximum absolute atomic E-state index is 12.8. The van der Waals surface area contributed by atoms with Crippen molar-refractivity contribution in [1.82, 2.24) is 4.90 Å². The number of rotatable bonds is 4. The van der Waals surface area contributed by atoms with Gasteiger partial charge in [-0.2, -0.15) is 0 Å². The number of hydrogen-bond acceptors (Lipinski definition) is 5. The Balaban J connectivity index is 1.42. The van der Waals surface area contributed by atoms with E-state index in [4.69, 9.17) is 9.47 Å². The van der Waals surface area contributed by atoms with Gasteiger partial charge in [-0.1, -0.05) is 37.1 Å². The molecule has 3 atom stereocenters. The maximum atomic E-state index is 12.8. The van der Waals surface area contributed by atoms with Gasteiger partial charge in [-0.3, -0.25) is 9.69 Å². The van der Waals surface area contributed by atoms with Crippen LogP contribution in [0.1, 0.15) is 43.7 Å². The van der Waals surface area contributed by atoms with E-state index in [2.05, 4.69) is 16.3 Å². The molecule has 30 heavy (non-hydrogen) atoms. The average Bonchev–Trinajstić information content (AvgIpc) is 3.22. The van der Waals surface area contributed by atoms with Crippen LogP contribution in [-0.4, -0.2) is 41.4 Å². The molecule has 2 heterocycles.